The van der Waals surface area contributed by atoms with Gasteiger partial charge in [-0.2, -0.15) is 10.5 Å². The quantitative estimate of drug-likeness (QED) is 0.374. The lowest BCUT2D eigenvalue weighted by molar-refractivity contribution is -0.383. The van der Waals surface area contributed by atoms with Gasteiger partial charge in [-0.15, -0.1) is 0 Å². The summed E-state index contributed by atoms with van der Waals surface area (Å²) in [5, 5.41) is 34.2. The number of nitro groups is 1. The molecule has 2 aromatic carbocycles. The first-order valence-electron chi connectivity index (χ1n) is 6.97. The number of para-hydroxylation sites is 3. The first-order valence-corrected chi connectivity index (χ1v) is 6.97. The molecular formula is C17H11N5O3. The van der Waals surface area contributed by atoms with Gasteiger partial charge in [0, 0.05) is 12.3 Å². The van der Waals surface area contributed by atoms with E-state index in [1.165, 1.54) is 24.3 Å². The van der Waals surface area contributed by atoms with Gasteiger partial charge in [-0.3, -0.25) is 14.9 Å². The Bertz CT molecular complexity index is 938. The van der Waals surface area contributed by atoms with Crippen LogP contribution in [0.3, 0.4) is 0 Å². The molecule has 0 heterocycles. The standard InChI is InChI=1S/C17H11N5O3/c18-9-12-5-1-2-6-14(12)20-11-13(10-19)17(23)21-15-7-3-4-8-16(15)22(24)25/h1-8,11,20H,(H,21,23)/b13-11-. The predicted molar refractivity (Wildman–Crippen MR) is 90.2 cm³/mol. The Balaban J connectivity index is 2.21. The Morgan fingerprint density at radius 1 is 1.08 bits per heavy atom. The summed E-state index contributed by atoms with van der Waals surface area (Å²) < 4.78 is 0. The summed E-state index contributed by atoms with van der Waals surface area (Å²) in [7, 11) is 0. The highest BCUT2D eigenvalue weighted by Crippen LogP contribution is 2.23. The van der Waals surface area contributed by atoms with Crippen molar-refractivity contribution in [1.29, 1.82) is 10.5 Å². The number of carbonyl (C=O) groups excluding carboxylic acids is 1. The maximum atomic E-state index is 12.2. The van der Waals surface area contributed by atoms with Crippen molar-refractivity contribution in [3.05, 3.63) is 76.0 Å². The van der Waals surface area contributed by atoms with Crippen molar-refractivity contribution in [1.82, 2.24) is 0 Å². The summed E-state index contributed by atoms with van der Waals surface area (Å²) in [6, 6.07) is 15.9. The van der Waals surface area contributed by atoms with E-state index in [0.717, 1.165) is 6.20 Å². The molecule has 0 aliphatic heterocycles. The number of benzene rings is 2. The van der Waals surface area contributed by atoms with E-state index in [4.69, 9.17) is 10.5 Å². The molecule has 0 aliphatic rings. The highest BCUT2D eigenvalue weighted by molar-refractivity contribution is 6.07. The molecule has 8 nitrogen and oxygen atoms in total. The van der Waals surface area contributed by atoms with Crippen molar-refractivity contribution in [2.24, 2.45) is 0 Å². The molecule has 2 N–H and O–H groups in total. The van der Waals surface area contributed by atoms with Crippen molar-refractivity contribution in [3.8, 4) is 12.1 Å². The Morgan fingerprint density at radius 2 is 1.72 bits per heavy atom. The van der Waals surface area contributed by atoms with Crippen LogP contribution in [0.4, 0.5) is 17.1 Å². The van der Waals surface area contributed by atoms with Crippen LogP contribution in [-0.4, -0.2) is 10.8 Å². The number of nitro benzene ring substituents is 1. The maximum Gasteiger partial charge on any atom is 0.292 e. The smallest absolute Gasteiger partial charge is 0.292 e. The van der Waals surface area contributed by atoms with Crippen LogP contribution in [0.1, 0.15) is 5.56 Å². The molecule has 1 amide bonds. The largest absolute Gasteiger partial charge is 0.359 e. The average Bonchev–Trinajstić information content (AvgIpc) is 2.62. The molecule has 0 aromatic heterocycles. The lowest BCUT2D eigenvalue weighted by Crippen LogP contribution is -2.15. The molecule has 0 saturated carbocycles. The number of carbonyl (C=O) groups is 1. The fraction of sp³-hybridized carbons (Fsp3) is 0. The van der Waals surface area contributed by atoms with E-state index in [0.29, 0.717) is 11.3 Å². The van der Waals surface area contributed by atoms with Gasteiger partial charge in [-0.1, -0.05) is 24.3 Å². The van der Waals surface area contributed by atoms with Gasteiger partial charge >= 0.3 is 0 Å². The number of nitriles is 2. The van der Waals surface area contributed by atoms with E-state index in [2.05, 4.69) is 10.6 Å². The third kappa shape index (κ3) is 4.18. The van der Waals surface area contributed by atoms with Crippen LogP contribution >= 0.6 is 0 Å². The van der Waals surface area contributed by atoms with Gasteiger partial charge < -0.3 is 10.6 Å². The van der Waals surface area contributed by atoms with Gasteiger partial charge in [-0.25, -0.2) is 0 Å². The second-order valence-corrected chi connectivity index (χ2v) is 4.70. The number of rotatable bonds is 5. The summed E-state index contributed by atoms with van der Waals surface area (Å²) >= 11 is 0. The van der Waals surface area contributed by atoms with E-state index in [1.807, 2.05) is 6.07 Å². The molecule has 0 bridgehead atoms. The molecule has 0 atom stereocenters. The molecule has 0 aliphatic carbocycles. The molecule has 2 rings (SSSR count). The minimum atomic E-state index is -0.807. The van der Waals surface area contributed by atoms with Gasteiger partial charge in [0.05, 0.1) is 16.2 Å². The number of nitrogens with zero attached hydrogens (tertiary/aromatic N) is 3. The minimum Gasteiger partial charge on any atom is -0.359 e. The molecule has 25 heavy (non-hydrogen) atoms. The van der Waals surface area contributed by atoms with Crippen LogP contribution in [0.25, 0.3) is 0 Å². The molecule has 0 spiro atoms. The van der Waals surface area contributed by atoms with E-state index >= 15 is 0 Å². The van der Waals surface area contributed by atoms with E-state index < -0.39 is 10.8 Å². The molecule has 8 heteroatoms. The Morgan fingerprint density at radius 3 is 2.36 bits per heavy atom. The van der Waals surface area contributed by atoms with Crippen molar-refractivity contribution >= 4 is 23.0 Å². The summed E-state index contributed by atoms with van der Waals surface area (Å²) in [6.45, 7) is 0. The fourth-order valence-corrected chi connectivity index (χ4v) is 1.93. The van der Waals surface area contributed by atoms with Crippen LogP contribution in [0, 0.1) is 32.8 Å². The van der Waals surface area contributed by atoms with Crippen LogP contribution in [0.5, 0.6) is 0 Å². The fourth-order valence-electron chi connectivity index (χ4n) is 1.93. The summed E-state index contributed by atoms with van der Waals surface area (Å²) in [5.74, 6) is -0.807. The Labute approximate surface area is 142 Å². The highest BCUT2D eigenvalue weighted by atomic mass is 16.6. The Hall–Kier alpha value is -4.17. The number of nitrogens with one attached hydrogen (secondary N) is 2. The van der Waals surface area contributed by atoms with E-state index in [-0.39, 0.29) is 16.9 Å². The zero-order valence-electron chi connectivity index (χ0n) is 12.8. The zero-order valence-corrected chi connectivity index (χ0v) is 12.8. The normalized spacial score (nSPS) is 10.2. The molecule has 2 aromatic rings. The Kier molecular flexibility index (Phi) is 5.43. The van der Waals surface area contributed by atoms with Crippen LogP contribution in [0.2, 0.25) is 0 Å². The second-order valence-electron chi connectivity index (χ2n) is 4.70. The van der Waals surface area contributed by atoms with Crippen molar-refractivity contribution < 1.29 is 9.72 Å². The van der Waals surface area contributed by atoms with Crippen LogP contribution in [0.15, 0.2) is 60.3 Å². The van der Waals surface area contributed by atoms with Crippen LogP contribution in [-0.2, 0) is 4.79 Å². The van der Waals surface area contributed by atoms with Gasteiger partial charge in [-0.05, 0) is 18.2 Å². The first kappa shape index (κ1) is 17.2. The van der Waals surface area contributed by atoms with E-state index in [9.17, 15) is 14.9 Å². The molecule has 0 saturated heterocycles. The summed E-state index contributed by atoms with van der Waals surface area (Å²) in [6.07, 6.45) is 1.14. The molecular weight excluding hydrogens is 322 g/mol. The highest BCUT2D eigenvalue weighted by Gasteiger charge is 2.17. The van der Waals surface area contributed by atoms with Crippen molar-refractivity contribution in [3.63, 3.8) is 0 Å². The molecule has 0 unspecified atom stereocenters. The van der Waals surface area contributed by atoms with Gasteiger partial charge in [0.15, 0.2) is 0 Å². The number of hydrogen-bond acceptors (Lipinski definition) is 6. The number of amides is 1. The SMILES string of the molecule is N#C/C(=C/Nc1ccccc1C#N)C(=O)Nc1ccccc1[N+](=O)[O-]. The predicted octanol–water partition coefficient (Wildman–Crippen LogP) is 2.92. The summed E-state index contributed by atoms with van der Waals surface area (Å²) in [4.78, 5) is 22.5. The minimum absolute atomic E-state index is 0.0175. The lowest BCUT2D eigenvalue weighted by atomic mass is 10.2. The zero-order chi connectivity index (χ0) is 18.2. The number of hydrogen-bond donors (Lipinski definition) is 2. The summed E-state index contributed by atoms with van der Waals surface area (Å²) in [5.41, 5.74) is 0.171. The van der Waals surface area contributed by atoms with Crippen LogP contribution < -0.4 is 10.6 Å². The topological polar surface area (TPSA) is 132 Å². The lowest BCUT2D eigenvalue weighted by Gasteiger charge is -2.06. The molecule has 122 valence electrons. The maximum absolute atomic E-state index is 12.2. The van der Waals surface area contributed by atoms with Crippen molar-refractivity contribution in [2.75, 3.05) is 10.6 Å². The first-order chi connectivity index (χ1) is 12.1. The third-order valence-corrected chi connectivity index (χ3v) is 3.13. The van der Waals surface area contributed by atoms with E-state index in [1.54, 1.807) is 30.3 Å². The number of anilines is 2. The van der Waals surface area contributed by atoms with Gasteiger partial charge in [0.1, 0.15) is 23.4 Å². The second kappa shape index (κ2) is 7.90. The van der Waals surface area contributed by atoms with Gasteiger partial charge in [0.25, 0.3) is 11.6 Å². The molecule has 0 radical (unpaired) electrons. The third-order valence-electron chi connectivity index (χ3n) is 3.13. The van der Waals surface area contributed by atoms with Crippen molar-refractivity contribution in [2.45, 2.75) is 0 Å². The van der Waals surface area contributed by atoms with Gasteiger partial charge in [0.2, 0.25) is 0 Å². The molecule has 0 fully saturated rings. The average molecular weight is 333 g/mol. The monoisotopic (exact) mass is 333 g/mol.